The molecule has 0 saturated heterocycles. The minimum absolute atomic E-state index is 1.03. The van der Waals surface area contributed by atoms with Gasteiger partial charge in [-0.1, -0.05) is 37.4 Å². The van der Waals surface area contributed by atoms with Crippen molar-refractivity contribution < 1.29 is 4.74 Å². The number of hydrogen-bond donors (Lipinski definition) is 0. The number of benzene rings is 1. The molecule has 1 aromatic rings. The van der Waals surface area contributed by atoms with Crippen LogP contribution in [-0.2, 0) is 0 Å². The van der Waals surface area contributed by atoms with E-state index in [0.29, 0.717) is 0 Å². The number of rotatable bonds is 1. The molecule has 0 radical (unpaired) electrons. The maximum atomic E-state index is 4.94. The lowest BCUT2D eigenvalue weighted by Gasteiger charge is -1.61. The SMILES string of the molecule is C=CC=C.c1ccc2c(c1)O2. The third-order valence-corrected chi connectivity index (χ3v) is 1.19. The Morgan fingerprint density at radius 1 is 1.00 bits per heavy atom. The molecule has 1 aliphatic rings. The Hall–Kier alpha value is -1.50. The van der Waals surface area contributed by atoms with Crippen molar-refractivity contribution in [2.75, 3.05) is 0 Å². The Labute approximate surface area is 66.6 Å². The molecule has 0 aliphatic carbocycles. The third-order valence-electron chi connectivity index (χ3n) is 1.19. The van der Waals surface area contributed by atoms with Crippen LogP contribution in [0.2, 0.25) is 0 Å². The van der Waals surface area contributed by atoms with Crippen LogP contribution in [0.15, 0.2) is 49.6 Å². The molecule has 0 aromatic heterocycles. The quantitative estimate of drug-likeness (QED) is 0.444. The molecule has 56 valence electrons. The molecule has 0 N–H and O–H groups in total. The van der Waals surface area contributed by atoms with Crippen molar-refractivity contribution in [3.8, 4) is 11.5 Å². The molecular weight excluding hydrogens is 136 g/mol. The number of para-hydroxylation sites is 2. The van der Waals surface area contributed by atoms with Gasteiger partial charge in [0, 0.05) is 0 Å². The summed E-state index contributed by atoms with van der Waals surface area (Å²) in [4.78, 5) is 0. The molecule has 1 heterocycles. The fourth-order valence-corrected chi connectivity index (χ4v) is 0.611. The van der Waals surface area contributed by atoms with Gasteiger partial charge in [-0.05, 0) is 12.1 Å². The van der Waals surface area contributed by atoms with Crippen LogP contribution in [0.25, 0.3) is 0 Å². The van der Waals surface area contributed by atoms with E-state index in [-0.39, 0.29) is 0 Å². The Morgan fingerprint density at radius 2 is 1.45 bits per heavy atom. The van der Waals surface area contributed by atoms with E-state index in [4.69, 9.17) is 4.74 Å². The first-order chi connectivity index (χ1) is 5.38. The van der Waals surface area contributed by atoms with E-state index in [9.17, 15) is 0 Å². The van der Waals surface area contributed by atoms with E-state index in [1.807, 2.05) is 24.3 Å². The fraction of sp³-hybridized carbons (Fsp3) is 0. The standard InChI is InChI=1S/C6H4O.C4H6/c1-2-4-6-5(3-1)7-6;1-3-4-2/h1-4H;3-4H,1-2H2. The van der Waals surface area contributed by atoms with E-state index in [0.717, 1.165) is 11.5 Å². The van der Waals surface area contributed by atoms with Crippen molar-refractivity contribution in [3.63, 3.8) is 0 Å². The second kappa shape index (κ2) is 3.62. The van der Waals surface area contributed by atoms with Gasteiger partial charge in [0.1, 0.15) is 0 Å². The second-order valence-electron chi connectivity index (χ2n) is 2.02. The van der Waals surface area contributed by atoms with Crippen molar-refractivity contribution in [3.05, 3.63) is 49.6 Å². The molecule has 0 unspecified atom stereocenters. The highest BCUT2D eigenvalue weighted by atomic mass is 16.6. The van der Waals surface area contributed by atoms with Gasteiger partial charge in [0.15, 0.2) is 11.5 Å². The van der Waals surface area contributed by atoms with Crippen molar-refractivity contribution in [2.24, 2.45) is 0 Å². The Bertz CT molecular complexity index is 236. The predicted molar refractivity (Wildman–Crippen MR) is 46.9 cm³/mol. The van der Waals surface area contributed by atoms with Crippen LogP contribution in [-0.4, -0.2) is 0 Å². The van der Waals surface area contributed by atoms with Crippen LogP contribution in [0.4, 0.5) is 0 Å². The summed E-state index contributed by atoms with van der Waals surface area (Å²) < 4.78 is 4.94. The minimum atomic E-state index is 1.03. The molecule has 0 atom stereocenters. The van der Waals surface area contributed by atoms with Gasteiger partial charge in [-0.3, -0.25) is 0 Å². The van der Waals surface area contributed by atoms with Gasteiger partial charge in [0.2, 0.25) is 0 Å². The normalized spacial score (nSPS) is 9.45. The van der Waals surface area contributed by atoms with Gasteiger partial charge in [-0.25, -0.2) is 0 Å². The monoisotopic (exact) mass is 146 g/mol. The molecule has 0 spiro atoms. The van der Waals surface area contributed by atoms with Crippen molar-refractivity contribution >= 4 is 0 Å². The molecule has 1 aromatic carbocycles. The Kier molecular flexibility index (Phi) is 2.50. The Morgan fingerprint density at radius 3 is 1.73 bits per heavy atom. The van der Waals surface area contributed by atoms with E-state index in [1.165, 1.54) is 0 Å². The zero-order chi connectivity index (χ0) is 8.10. The van der Waals surface area contributed by atoms with Gasteiger partial charge < -0.3 is 4.74 Å². The van der Waals surface area contributed by atoms with Crippen molar-refractivity contribution in [2.45, 2.75) is 0 Å². The lowest BCUT2D eigenvalue weighted by molar-refractivity contribution is 0.650. The topological polar surface area (TPSA) is 12.5 Å². The highest BCUT2D eigenvalue weighted by Crippen LogP contribution is 2.43. The fourth-order valence-electron chi connectivity index (χ4n) is 0.611. The molecular formula is C10H10O. The molecule has 0 bridgehead atoms. The summed E-state index contributed by atoms with van der Waals surface area (Å²) in [6.45, 7) is 6.72. The maximum Gasteiger partial charge on any atom is 0.170 e. The molecule has 1 aliphatic heterocycles. The third kappa shape index (κ3) is 2.30. The van der Waals surface area contributed by atoms with Gasteiger partial charge in [0.05, 0.1) is 0 Å². The van der Waals surface area contributed by atoms with E-state index in [2.05, 4.69) is 13.2 Å². The van der Waals surface area contributed by atoms with Crippen LogP contribution in [0.1, 0.15) is 0 Å². The molecule has 2 rings (SSSR count). The number of ether oxygens (including phenoxy) is 1. The van der Waals surface area contributed by atoms with E-state index < -0.39 is 0 Å². The van der Waals surface area contributed by atoms with E-state index >= 15 is 0 Å². The molecule has 11 heavy (non-hydrogen) atoms. The predicted octanol–water partition coefficient (Wildman–Crippen LogP) is 3.15. The van der Waals surface area contributed by atoms with Gasteiger partial charge in [0.25, 0.3) is 0 Å². The zero-order valence-corrected chi connectivity index (χ0v) is 6.29. The van der Waals surface area contributed by atoms with E-state index in [1.54, 1.807) is 12.2 Å². The highest BCUT2D eigenvalue weighted by Gasteiger charge is 2.15. The van der Waals surface area contributed by atoms with Crippen LogP contribution >= 0.6 is 0 Å². The Balaban J connectivity index is 0.000000134. The van der Waals surface area contributed by atoms with Crippen LogP contribution < -0.4 is 4.74 Å². The van der Waals surface area contributed by atoms with Gasteiger partial charge >= 0.3 is 0 Å². The minimum Gasteiger partial charge on any atom is -0.450 e. The summed E-state index contributed by atoms with van der Waals surface area (Å²) in [7, 11) is 0. The first-order valence-electron chi connectivity index (χ1n) is 3.39. The van der Waals surface area contributed by atoms with Crippen LogP contribution in [0.3, 0.4) is 0 Å². The summed E-state index contributed by atoms with van der Waals surface area (Å²) in [5.41, 5.74) is 0. The van der Waals surface area contributed by atoms with Gasteiger partial charge in [-0.2, -0.15) is 0 Å². The van der Waals surface area contributed by atoms with Crippen molar-refractivity contribution in [1.82, 2.24) is 0 Å². The smallest absolute Gasteiger partial charge is 0.170 e. The highest BCUT2D eigenvalue weighted by molar-refractivity contribution is 5.53. The van der Waals surface area contributed by atoms with Crippen LogP contribution in [0.5, 0.6) is 11.5 Å². The maximum absolute atomic E-state index is 4.94. The number of fused-ring (bicyclic) bond motifs is 1. The van der Waals surface area contributed by atoms with Crippen molar-refractivity contribution in [1.29, 1.82) is 0 Å². The average molecular weight is 146 g/mol. The van der Waals surface area contributed by atoms with Gasteiger partial charge in [-0.15, -0.1) is 0 Å². The average Bonchev–Trinajstić information content (AvgIpc) is 2.83. The second-order valence-corrected chi connectivity index (χ2v) is 2.02. The lowest BCUT2D eigenvalue weighted by Crippen LogP contribution is -1.37. The van der Waals surface area contributed by atoms with Crippen LogP contribution in [0, 0.1) is 0 Å². The molecule has 0 amide bonds. The number of allylic oxidation sites excluding steroid dienone is 2. The first-order valence-corrected chi connectivity index (χ1v) is 3.39. The number of hydrogen-bond acceptors (Lipinski definition) is 1. The largest absolute Gasteiger partial charge is 0.450 e. The molecule has 0 saturated carbocycles. The summed E-state index contributed by atoms with van der Waals surface area (Å²) in [5, 5.41) is 0. The molecule has 0 fully saturated rings. The summed E-state index contributed by atoms with van der Waals surface area (Å²) in [6.07, 6.45) is 3.28. The molecule has 1 nitrogen and oxygen atoms in total. The lowest BCUT2D eigenvalue weighted by atomic mass is 10.4. The summed E-state index contributed by atoms with van der Waals surface area (Å²) >= 11 is 0. The zero-order valence-electron chi connectivity index (χ0n) is 6.29. The summed E-state index contributed by atoms with van der Waals surface area (Å²) in [6, 6.07) is 7.84. The first kappa shape index (κ1) is 7.61. The molecule has 1 heteroatoms. The summed E-state index contributed by atoms with van der Waals surface area (Å²) in [5.74, 6) is 2.06.